The van der Waals surface area contributed by atoms with Crippen molar-refractivity contribution in [3.63, 3.8) is 0 Å². The first-order chi connectivity index (χ1) is 9.95. The molecule has 1 aliphatic rings. The molecular formula is C16H35B3N3. The van der Waals surface area contributed by atoms with Crippen molar-refractivity contribution in [3.05, 3.63) is 0 Å². The molecule has 123 valence electrons. The lowest BCUT2D eigenvalue weighted by molar-refractivity contribution is 0.224. The molecule has 0 aliphatic carbocycles. The van der Waals surface area contributed by atoms with Crippen LogP contribution < -0.4 is 0 Å². The number of hydrogen-bond donors (Lipinski definition) is 0. The van der Waals surface area contributed by atoms with Gasteiger partial charge in [-0.15, -0.1) is 0 Å². The molecule has 1 saturated heterocycles. The van der Waals surface area contributed by atoms with Crippen molar-refractivity contribution >= 4 is 22.6 Å². The molecule has 1 aliphatic heterocycles. The summed E-state index contributed by atoms with van der Waals surface area (Å²) in [6.07, 6.45) is 0. The Morgan fingerprint density at radius 1 is 0.591 bits per heavy atom. The molecule has 0 aromatic rings. The lowest BCUT2D eigenvalue weighted by atomic mass is 9.66. The van der Waals surface area contributed by atoms with E-state index in [0.29, 0.717) is 30.0 Å². The summed E-state index contributed by atoms with van der Waals surface area (Å²) in [7, 11) is 6.84. The second-order valence-corrected chi connectivity index (χ2v) is 8.70. The lowest BCUT2D eigenvalue weighted by Gasteiger charge is -2.50. The quantitative estimate of drug-likeness (QED) is 0.723. The van der Waals surface area contributed by atoms with Crippen molar-refractivity contribution < 1.29 is 0 Å². The zero-order chi connectivity index (χ0) is 17.2. The van der Waals surface area contributed by atoms with E-state index in [1.807, 2.05) is 0 Å². The number of nitrogens with zero attached hydrogens (tertiary/aromatic N) is 3. The summed E-state index contributed by atoms with van der Waals surface area (Å²) in [5, 5.41) is 0. The van der Waals surface area contributed by atoms with Gasteiger partial charge in [0.2, 0.25) is 0 Å². The molecule has 22 heavy (non-hydrogen) atoms. The molecule has 0 N–H and O–H groups in total. The van der Waals surface area contributed by atoms with Crippen molar-refractivity contribution in [2.75, 3.05) is 0 Å². The molecule has 3 radical (unpaired) electrons. The maximum Gasteiger partial charge on any atom is 0.290 e. The maximum atomic E-state index is 2.39. The van der Waals surface area contributed by atoms with Crippen LogP contribution in [0.1, 0.15) is 69.2 Å². The molecule has 3 unspecified atom stereocenters. The Morgan fingerprint density at radius 3 is 1.18 bits per heavy atom. The maximum absolute atomic E-state index is 2.39. The highest BCUT2D eigenvalue weighted by molar-refractivity contribution is 6.65. The summed E-state index contributed by atoms with van der Waals surface area (Å²) in [5.74, 6) is 1.24. The molecule has 0 saturated carbocycles. The highest BCUT2D eigenvalue weighted by Crippen LogP contribution is 2.26. The van der Waals surface area contributed by atoms with Crippen molar-refractivity contribution in [2.45, 2.75) is 87.4 Å². The molecule has 3 atom stereocenters. The summed E-state index contributed by atoms with van der Waals surface area (Å²) in [6.45, 7) is 23.0. The van der Waals surface area contributed by atoms with E-state index in [2.05, 4.69) is 106 Å². The highest BCUT2D eigenvalue weighted by Gasteiger charge is 2.38. The molecule has 0 aromatic heterocycles. The highest BCUT2D eigenvalue weighted by atomic mass is 15.3. The summed E-state index contributed by atoms with van der Waals surface area (Å²) in [5.41, 5.74) is 0.240. The molecule has 6 heteroatoms. The summed E-state index contributed by atoms with van der Waals surface area (Å²) in [4.78, 5) is 0. The average molecular weight is 302 g/mol. The minimum Gasteiger partial charge on any atom is -0.362 e. The molecular weight excluding hydrogens is 267 g/mol. The predicted molar refractivity (Wildman–Crippen MR) is 100 cm³/mol. The Morgan fingerprint density at radius 2 is 0.909 bits per heavy atom. The molecule has 1 fully saturated rings. The van der Waals surface area contributed by atoms with Gasteiger partial charge in [-0.05, 0) is 35.4 Å². The smallest absolute Gasteiger partial charge is 0.290 e. The molecule has 3 nitrogen and oxygen atoms in total. The van der Waals surface area contributed by atoms with Crippen LogP contribution in [0.5, 0.6) is 0 Å². The zero-order valence-electron chi connectivity index (χ0n) is 16.5. The Hall–Kier alpha value is 0.0748. The topological polar surface area (TPSA) is 9.72 Å². The van der Waals surface area contributed by atoms with Gasteiger partial charge >= 0.3 is 0 Å². The van der Waals surface area contributed by atoms with Crippen LogP contribution in [0.4, 0.5) is 0 Å². The molecule has 0 amide bonds. The Labute approximate surface area is 142 Å². The van der Waals surface area contributed by atoms with Gasteiger partial charge in [0.1, 0.15) is 0 Å². The van der Waals surface area contributed by atoms with E-state index in [-0.39, 0.29) is 5.41 Å². The SMILES string of the molecule is CC(C)C(C)N1[B]N(C(C)C(C)C)[B]N(C(C)C(C)(C)C)[B]1. The van der Waals surface area contributed by atoms with Gasteiger partial charge in [0.25, 0.3) is 22.6 Å². The fourth-order valence-electron chi connectivity index (χ4n) is 2.31. The van der Waals surface area contributed by atoms with Gasteiger partial charge in [-0.2, -0.15) is 0 Å². The van der Waals surface area contributed by atoms with E-state index < -0.39 is 0 Å². The first-order valence-corrected chi connectivity index (χ1v) is 8.82. The molecule has 0 bridgehead atoms. The van der Waals surface area contributed by atoms with E-state index >= 15 is 0 Å². The standard InChI is InChI=1S/C16H35B3N3/c1-11(2)13(5)20-17-21(14(6)12(3)4)19-22(18-20)15(7)16(8,9)10/h11-15H,1-10H3. The van der Waals surface area contributed by atoms with Gasteiger partial charge in [-0.25, -0.2) is 0 Å². The van der Waals surface area contributed by atoms with Crippen LogP contribution in [-0.4, -0.2) is 54.9 Å². The van der Waals surface area contributed by atoms with Crippen LogP contribution in [0.15, 0.2) is 0 Å². The monoisotopic (exact) mass is 302 g/mol. The van der Waals surface area contributed by atoms with E-state index in [9.17, 15) is 0 Å². The Kier molecular flexibility index (Phi) is 7.10. The first kappa shape index (κ1) is 20.1. The summed E-state index contributed by atoms with van der Waals surface area (Å²) in [6, 6.07) is 1.43. The molecule has 1 rings (SSSR count). The van der Waals surface area contributed by atoms with Crippen LogP contribution in [0, 0.1) is 17.3 Å². The fraction of sp³-hybridized carbons (Fsp3) is 1.00. The van der Waals surface area contributed by atoms with Crippen LogP contribution in [0.25, 0.3) is 0 Å². The van der Waals surface area contributed by atoms with Crippen molar-refractivity contribution in [1.29, 1.82) is 0 Å². The number of hydrogen-bond acceptors (Lipinski definition) is 3. The summed E-state index contributed by atoms with van der Waals surface area (Å²) >= 11 is 0. The zero-order valence-corrected chi connectivity index (χ0v) is 16.5. The van der Waals surface area contributed by atoms with E-state index in [0.717, 1.165) is 0 Å². The third-order valence-electron chi connectivity index (χ3n) is 5.37. The fourth-order valence-corrected chi connectivity index (χ4v) is 2.31. The van der Waals surface area contributed by atoms with Crippen molar-refractivity contribution in [1.82, 2.24) is 14.2 Å². The van der Waals surface area contributed by atoms with Crippen molar-refractivity contribution in [2.24, 2.45) is 17.3 Å². The van der Waals surface area contributed by atoms with Gasteiger partial charge < -0.3 is 14.2 Å². The van der Waals surface area contributed by atoms with Crippen LogP contribution in [0.3, 0.4) is 0 Å². The predicted octanol–water partition coefficient (Wildman–Crippen LogP) is 3.03. The summed E-state index contributed by atoms with van der Waals surface area (Å²) < 4.78 is 7.15. The second-order valence-electron chi connectivity index (χ2n) is 8.70. The number of rotatable bonds is 5. The third-order valence-corrected chi connectivity index (χ3v) is 5.37. The second kappa shape index (κ2) is 7.76. The first-order valence-electron chi connectivity index (χ1n) is 8.82. The van der Waals surface area contributed by atoms with Gasteiger partial charge in [0.15, 0.2) is 0 Å². The van der Waals surface area contributed by atoms with Gasteiger partial charge in [0, 0.05) is 0 Å². The minimum atomic E-state index is 0.240. The van der Waals surface area contributed by atoms with E-state index in [1.54, 1.807) is 0 Å². The Bertz CT molecular complexity index is 322. The van der Waals surface area contributed by atoms with Gasteiger partial charge in [-0.1, -0.05) is 69.2 Å². The van der Waals surface area contributed by atoms with Crippen LogP contribution in [0.2, 0.25) is 0 Å². The van der Waals surface area contributed by atoms with Crippen LogP contribution in [-0.2, 0) is 0 Å². The van der Waals surface area contributed by atoms with Crippen LogP contribution >= 0.6 is 0 Å². The average Bonchev–Trinajstić information content (AvgIpc) is 2.42. The molecule has 1 heterocycles. The van der Waals surface area contributed by atoms with E-state index in [4.69, 9.17) is 0 Å². The Balaban J connectivity index is 2.94. The van der Waals surface area contributed by atoms with Gasteiger partial charge in [0.05, 0.1) is 0 Å². The largest absolute Gasteiger partial charge is 0.362 e. The third kappa shape index (κ3) is 5.04. The molecule has 0 aromatic carbocycles. The normalized spacial score (nSPS) is 22.9. The van der Waals surface area contributed by atoms with Crippen molar-refractivity contribution in [3.8, 4) is 0 Å². The molecule has 0 spiro atoms. The van der Waals surface area contributed by atoms with Gasteiger partial charge in [-0.3, -0.25) is 0 Å². The lowest BCUT2D eigenvalue weighted by Crippen LogP contribution is -2.68. The minimum absolute atomic E-state index is 0.240. The van der Waals surface area contributed by atoms with E-state index in [1.165, 1.54) is 0 Å².